The van der Waals surface area contributed by atoms with E-state index in [1.807, 2.05) is 18.2 Å². The van der Waals surface area contributed by atoms with Crippen LogP contribution in [0.2, 0.25) is 0 Å². The average Bonchev–Trinajstić information content (AvgIpc) is 2.52. The first-order valence-corrected chi connectivity index (χ1v) is 7.58. The number of hydrogen-bond donors (Lipinski definition) is 3. The van der Waals surface area contributed by atoms with Crippen LogP contribution in [0.4, 0.5) is 5.82 Å². The maximum atomic E-state index is 6.33. The van der Waals surface area contributed by atoms with Gasteiger partial charge in [0.15, 0.2) is 5.79 Å². The van der Waals surface area contributed by atoms with Gasteiger partial charge in [0.25, 0.3) is 0 Å². The van der Waals surface area contributed by atoms with E-state index in [0.717, 1.165) is 31.2 Å². The molecule has 0 saturated carbocycles. The number of hydrogen-bond acceptors (Lipinski definition) is 5. The lowest BCUT2D eigenvalue weighted by Gasteiger charge is -2.32. The van der Waals surface area contributed by atoms with Gasteiger partial charge in [-0.1, -0.05) is 30.3 Å². The second-order valence-corrected chi connectivity index (χ2v) is 5.64. The Morgan fingerprint density at radius 3 is 2.68 bits per heavy atom. The molecule has 5 nitrogen and oxygen atoms in total. The molecule has 0 radical (unpaired) electrons. The topological polar surface area (TPSA) is 89.3 Å². The molecule has 3 rings (SSSR count). The molecule has 0 amide bonds. The SMILES string of the molecule is NC1=NC(N)(CCCCc2ccccc2)Nc2ncccc21. The number of fused-ring (bicyclic) bond motifs is 1. The molecule has 1 aromatic carbocycles. The summed E-state index contributed by atoms with van der Waals surface area (Å²) in [5.41, 5.74) is 14.5. The van der Waals surface area contributed by atoms with Crippen molar-refractivity contribution >= 4 is 11.7 Å². The molecule has 0 bridgehead atoms. The van der Waals surface area contributed by atoms with Crippen LogP contribution >= 0.6 is 0 Å². The molecule has 5 heteroatoms. The highest BCUT2D eigenvalue weighted by molar-refractivity contribution is 6.03. The van der Waals surface area contributed by atoms with E-state index >= 15 is 0 Å². The number of benzene rings is 1. The Balaban J connectivity index is 1.58. The molecule has 0 aliphatic carbocycles. The van der Waals surface area contributed by atoms with E-state index in [4.69, 9.17) is 11.5 Å². The van der Waals surface area contributed by atoms with Crippen LogP contribution in [0.1, 0.15) is 30.4 Å². The van der Waals surface area contributed by atoms with Gasteiger partial charge in [0.2, 0.25) is 0 Å². The van der Waals surface area contributed by atoms with Gasteiger partial charge in [0.1, 0.15) is 11.7 Å². The number of unbranched alkanes of at least 4 members (excludes halogenated alkanes) is 1. The number of pyridine rings is 1. The average molecular weight is 295 g/mol. The summed E-state index contributed by atoms with van der Waals surface area (Å²) < 4.78 is 0. The van der Waals surface area contributed by atoms with Crippen molar-refractivity contribution in [1.82, 2.24) is 4.98 Å². The molecule has 1 aliphatic rings. The Labute approximate surface area is 130 Å². The van der Waals surface area contributed by atoms with Gasteiger partial charge >= 0.3 is 0 Å². The van der Waals surface area contributed by atoms with Crippen molar-refractivity contribution in [3.63, 3.8) is 0 Å². The van der Waals surface area contributed by atoms with Crippen LogP contribution in [-0.4, -0.2) is 16.6 Å². The van der Waals surface area contributed by atoms with E-state index < -0.39 is 5.79 Å². The van der Waals surface area contributed by atoms with E-state index in [9.17, 15) is 0 Å². The molecule has 0 spiro atoms. The molecule has 1 aliphatic heterocycles. The lowest BCUT2D eigenvalue weighted by Crippen LogP contribution is -2.50. The monoisotopic (exact) mass is 295 g/mol. The Morgan fingerprint density at radius 1 is 1.05 bits per heavy atom. The van der Waals surface area contributed by atoms with Gasteiger partial charge in [-0.3, -0.25) is 5.73 Å². The number of nitrogens with one attached hydrogen (secondary N) is 1. The zero-order valence-electron chi connectivity index (χ0n) is 12.5. The first kappa shape index (κ1) is 14.5. The van der Waals surface area contributed by atoms with E-state index in [1.54, 1.807) is 6.20 Å². The summed E-state index contributed by atoms with van der Waals surface area (Å²) in [4.78, 5) is 8.71. The zero-order chi connectivity index (χ0) is 15.4. The fourth-order valence-electron chi connectivity index (χ4n) is 2.71. The molecule has 22 heavy (non-hydrogen) atoms. The molecule has 0 fully saturated rings. The lowest BCUT2D eigenvalue weighted by molar-refractivity contribution is 0.439. The van der Waals surface area contributed by atoms with Crippen molar-refractivity contribution in [1.29, 1.82) is 0 Å². The summed E-state index contributed by atoms with van der Waals surface area (Å²) >= 11 is 0. The van der Waals surface area contributed by atoms with Crippen molar-refractivity contribution in [2.75, 3.05) is 5.32 Å². The zero-order valence-corrected chi connectivity index (χ0v) is 12.5. The Bertz CT molecular complexity index is 668. The highest BCUT2D eigenvalue weighted by Crippen LogP contribution is 2.25. The molecule has 114 valence electrons. The van der Waals surface area contributed by atoms with Crippen molar-refractivity contribution in [3.8, 4) is 0 Å². The van der Waals surface area contributed by atoms with Crippen molar-refractivity contribution in [2.45, 2.75) is 31.5 Å². The fourth-order valence-corrected chi connectivity index (χ4v) is 2.71. The molecule has 1 atom stereocenters. The van der Waals surface area contributed by atoms with Gasteiger partial charge in [-0.15, -0.1) is 0 Å². The highest BCUT2D eigenvalue weighted by Gasteiger charge is 2.30. The largest absolute Gasteiger partial charge is 0.383 e. The molecule has 1 unspecified atom stereocenters. The minimum Gasteiger partial charge on any atom is -0.383 e. The number of amidine groups is 1. The Hall–Kier alpha value is -2.40. The van der Waals surface area contributed by atoms with Gasteiger partial charge in [-0.2, -0.15) is 0 Å². The van der Waals surface area contributed by atoms with E-state index in [-0.39, 0.29) is 0 Å². The Morgan fingerprint density at radius 2 is 1.86 bits per heavy atom. The molecule has 5 N–H and O–H groups in total. The van der Waals surface area contributed by atoms with Crippen molar-refractivity contribution in [3.05, 3.63) is 59.8 Å². The molecule has 2 heterocycles. The van der Waals surface area contributed by atoms with Crippen LogP contribution in [-0.2, 0) is 6.42 Å². The summed E-state index contributed by atoms with van der Waals surface area (Å²) in [7, 11) is 0. The third-order valence-corrected chi connectivity index (χ3v) is 3.85. The summed E-state index contributed by atoms with van der Waals surface area (Å²) in [6, 6.07) is 14.2. The van der Waals surface area contributed by atoms with Crippen LogP contribution in [0.5, 0.6) is 0 Å². The molecule has 1 aromatic heterocycles. The summed E-state index contributed by atoms with van der Waals surface area (Å²) in [5.74, 6) is 0.301. The first-order chi connectivity index (χ1) is 10.7. The predicted molar refractivity (Wildman–Crippen MR) is 89.5 cm³/mol. The number of aromatic nitrogens is 1. The normalized spacial score (nSPS) is 20.0. The first-order valence-electron chi connectivity index (χ1n) is 7.58. The van der Waals surface area contributed by atoms with Crippen LogP contribution in [0, 0.1) is 0 Å². The van der Waals surface area contributed by atoms with Crippen molar-refractivity contribution in [2.24, 2.45) is 16.5 Å². The van der Waals surface area contributed by atoms with Gasteiger partial charge in [0.05, 0.1) is 5.56 Å². The van der Waals surface area contributed by atoms with Crippen LogP contribution in [0.25, 0.3) is 0 Å². The molecular formula is C17H21N5. The van der Waals surface area contributed by atoms with Crippen LogP contribution < -0.4 is 16.8 Å². The number of nitrogens with zero attached hydrogens (tertiary/aromatic N) is 2. The maximum Gasteiger partial charge on any atom is 0.185 e. The minimum absolute atomic E-state index is 0.451. The summed E-state index contributed by atoms with van der Waals surface area (Å²) in [6.07, 6.45) is 5.52. The van der Waals surface area contributed by atoms with Gasteiger partial charge in [-0.25, -0.2) is 9.98 Å². The minimum atomic E-state index is -0.859. The van der Waals surface area contributed by atoms with Crippen molar-refractivity contribution < 1.29 is 0 Å². The number of anilines is 1. The third-order valence-electron chi connectivity index (χ3n) is 3.85. The lowest BCUT2D eigenvalue weighted by atomic mass is 10.0. The van der Waals surface area contributed by atoms with Crippen LogP contribution in [0.3, 0.4) is 0 Å². The number of nitrogens with two attached hydrogens (primary N) is 2. The smallest absolute Gasteiger partial charge is 0.185 e. The van der Waals surface area contributed by atoms with E-state index in [0.29, 0.717) is 11.7 Å². The van der Waals surface area contributed by atoms with E-state index in [1.165, 1.54) is 5.56 Å². The second kappa shape index (κ2) is 6.15. The van der Waals surface area contributed by atoms with Crippen LogP contribution in [0.15, 0.2) is 53.7 Å². The van der Waals surface area contributed by atoms with E-state index in [2.05, 4.69) is 39.6 Å². The maximum absolute atomic E-state index is 6.33. The highest BCUT2D eigenvalue weighted by atomic mass is 15.3. The number of rotatable bonds is 5. The third kappa shape index (κ3) is 3.26. The van der Waals surface area contributed by atoms with Gasteiger partial charge < -0.3 is 11.1 Å². The second-order valence-electron chi connectivity index (χ2n) is 5.64. The molecule has 0 saturated heterocycles. The summed E-state index contributed by atoms with van der Waals surface area (Å²) in [5, 5.41) is 3.20. The summed E-state index contributed by atoms with van der Waals surface area (Å²) in [6.45, 7) is 0. The predicted octanol–water partition coefficient (Wildman–Crippen LogP) is 2.24. The van der Waals surface area contributed by atoms with Gasteiger partial charge in [0, 0.05) is 12.6 Å². The molecular weight excluding hydrogens is 274 g/mol. The number of aryl methyl sites for hydroxylation is 1. The van der Waals surface area contributed by atoms with Gasteiger partial charge in [-0.05, 0) is 37.0 Å². The quantitative estimate of drug-likeness (QED) is 0.738. The standard InChI is InChI=1S/C17H21N5/c18-15-14-10-6-12-20-16(14)22-17(19,21-15)11-5-4-9-13-7-2-1-3-8-13/h1-3,6-8,10,12H,4-5,9,11,19H2,(H2,18,21)(H,20,22). The fraction of sp³-hybridized carbons (Fsp3) is 0.294. The number of aliphatic imine (C=N–C) groups is 1. The molecule has 2 aromatic rings. The Kier molecular flexibility index (Phi) is 4.06.